The van der Waals surface area contributed by atoms with Crippen LogP contribution in [0.1, 0.15) is 0 Å². The third kappa shape index (κ3) is 1.10. The van der Waals surface area contributed by atoms with Gasteiger partial charge < -0.3 is 10.5 Å². The van der Waals surface area contributed by atoms with Crippen LogP contribution in [0.4, 0.5) is 5.82 Å². The van der Waals surface area contributed by atoms with E-state index < -0.39 is 0 Å². The number of pyridine rings is 1. The van der Waals surface area contributed by atoms with E-state index in [1.54, 1.807) is 13.2 Å². The van der Waals surface area contributed by atoms with E-state index in [0.717, 1.165) is 0 Å². The molecule has 47 valence electrons. The van der Waals surface area contributed by atoms with Crippen molar-refractivity contribution in [3.63, 3.8) is 0 Å². The van der Waals surface area contributed by atoms with Crippen molar-refractivity contribution in [2.75, 3.05) is 12.8 Å². The number of methoxy groups -OCH3 is 1. The first kappa shape index (κ1) is 5.88. The Morgan fingerprint density at radius 2 is 2.56 bits per heavy atom. The highest BCUT2D eigenvalue weighted by Gasteiger charge is 1.93. The molecule has 0 saturated carbocycles. The molecule has 3 nitrogen and oxygen atoms in total. The minimum atomic E-state index is 0.399. The van der Waals surface area contributed by atoms with Gasteiger partial charge in [0, 0.05) is 12.3 Å². The Bertz CT molecular complexity index is 200. The molecule has 0 atom stereocenters. The lowest BCUT2D eigenvalue weighted by Crippen LogP contribution is -1.93. The monoisotopic (exact) mass is 123 g/mol. The highest BCUT2D eigenvalue weighted by Crippen LogP contribution is 2.14. The summed E-state index contributed by atoms with van der Waals surface area (Å²) in [6.45, 7) is 0. The van der Waals surface area contributed by atoms with E-state index in [2.05, 4.69) is 11.1 Å². The van der Waals surface area contributed by atoms with E-state index in [1.165, 1.54) is 6.20 Å². The summed E-state index contributed by atoms with van der Waals surface area (Å²) in [5.74, 6) is 0.966. The molecule has 3 heteroatoms. The molecular weight excluding hydrogens is 116 g/mol. The van der Waals surface area contributed by atoms with E-state index in [1.807, 2.05) is 0 Å². The van der Waals surface area contributed by atoms with Crippen LogP contribution in [0, 0.1) is 6.07 Å². The van der Waals surface area contributed by atoms with Gasteiger partial charge in [-0.25, -0.2) is 4.98 Å². The van der Waals surface area contributed by atoms with Gasteiger partial charge in [0.2, 0.25) is 0 Å². The molecule has 0 aliphatic rings. The van der Waals surface area contributed by atoms with E-state index in [-0.39, 0.29) is 0 Å². The molecule has 2 N–H and O–H groups in total. The molecule has 0 aromatic carbocycles. The lowest BCUT2D eigenvalue weighted by atomic mass is 10.4. The van der Waals surface area contributed by atoms with E-state index in [0.29, 0.717) is 11.6 Å². The Balaban J connectivity index is 3.01. The van der Waals surface area contributed by atoms with Crippen molar-refractivity contribution in [1.82, 2.24) is 4.98 Å². The van der Waals surface area contributed by atoms with Gasteiger partial charge in [0.15, 0.2) is 11.6 Å². The summed E-state index contributed by atoms with van der Waals surface area (Å²) in [6, 6.07) is 4.38. The average Bonchev–Trinajstić information content (AvgIpc) is 1.89. The second kappa shape index (κ2) is 2.35. The minimum Gasteiger partial charge on any atom is -0.493 e. The van der Waals surface area contributed by atoms with Crippen molar-refractivity contribution >= 4 is 5.82 Å². The van der Waals surface area contributed by atoms with Gasteiger partial charge in [0.05, 0.1) is 7.11 Å². The van der Waals surface area contributed by atoms with Gasteiger partial charge >= 0.3 is 0 Å². The normalized spacial score (nSPS) is 9.00. The first-order chi connectivity index (χ1) is 4.34. The lowest BCUT2D eigenvalue weighted by Gasteiger charge is -1.99. The van der Waals surface area contributed by atoms with E-state index in [9.17, 15) is 0 Å². The second-order valence-corrected chi connectivity index (χ2v) is 1.52. The van der Waals surface area contributed by atoms with Gasteiger partial charge in [-0.15, -0.1) is 0 Å². The Morgan fingerprint density at radius 1 is 1.78 bits per heavy atom. The molecule has 0 saturated heterocycles. The zero-order chi connectivity index (χ0) is 6.69. The summed E-state index contributed by atoms with van der Waals surface area (Å²) in [4.78, 5) is 3.75. The molecule has 0 unspecified atom stereocenters. The summed E-state index contributed by atoms with van der Waals surface area (Å²) >= 11 is 0. The van der Waals surface area contributed by atoms with Crippen molar-refractivity contribution in [2.24, 2.45) is 0 Å². The molecule has 0 fully saturated rings. The second-order valence-electron chi connectivity index (χ2n) is 1.52. The Labute approximate surface area is 53.5 Å². The molecular formula is C6H7N2O. The molecule has 1 aromatic rings. The predicted octanol–water partition coefficient (Wildman–Crippen LogP) is 0.473. The minimum absolute atomic E-state index is 0.399. The largest absolute Gasteiger partial charge is 0.493 e. The molecule has 0 aliphatic carbocycles. The third-order valence-electron chi connectivity index (χ3n) is 0.965. The molecule has 9 heavy (non-hydrogen) atoms. The maximum absolute atomic E-state index is 5.37. The van der Waals surface area contributed by atoms with Gasteiger partial charge in [-0.1, -0.05) is 0 Å². The van der Waals surface area contributed by atoms with Crippen LogP contribution < -0.4 is 10.5 Å². The average molecular weight is 123 g/mol. The van der Waals surface area contributed by atoms with Gasteiger partial charge in [0.1, 0.15) is 0 Å². The van der Waals surface area contributed by atoms with E-state index >= 15 is 0 Å². The first-order valence-electron chi connectivity index (χ1n) is 2.50. The summed E-state index contributed by atoms with van der Waals surface area (Å²) in [6.07, 6.45) is 1.50. The molecule has 1 aromatic heterocycles. The van der Waals surface area contributed by atoms with Gasteiger partial charge in [-0.3, -0.25) is 0 Å². The Kier molecular flexibility index (Phi) is 1.53. The summed E-state index contributed by atoms with van der Waals surface area (Å²) < 4.78 is 4.83. The number of rotatable bonds is 1. The maximum Gasteiger partial charge on any atom is 0.166 e. The van der Waals surface area contributed by atoms with Crippen LogP contribution in [0.25, 0.3) is 0 Å². The van der Waals surface area contributed by atoms with Crippen molar-refractivity contribution in [3.8, 4) is 5.75 Å². The van der Waals surface area contributed by atoms with Crippen LogP contribution in [0.3, 0.4) is 0 Å². The number of nitrogen functional groups attached to an aromatic ring is 1. The molecule has 1 rings (SSSR count). The number of hydrogen-bond acceptors (Lipinski definition) is 3. The van der Waals surface area contributed by atoms with Gasteiger partial charge in [0.25, 0.3) is 0 Å². The number of ether oxygens (including phenoxy) is 1. The zero-order valence-electron chi connectivity index (χ0n) is 5.09. The summed E-state index contributed by atoms with van der Waals surface area (Å²) in [5, 5.41) is 0. The topological polar surface area (TPSA) is 48.1 Å². The SMILES string of the molecule is COc1c[c]cnc1N. The van der Waals surface area contributed by atoms with Crippen molar-refractivity contribution in [2.45, 2.75) is 0 Å². The first-order valence-corrected chi connectivity index (χ1v) is 2.50. The smallest absolute Gasteiger partial charge is 0.166 e. The summed E-state index contributed by atoms with van der Waals surface area (Å²) in [7, 11) is 1.54. The quantitative estimate of drug-likeness (QED) is 0.590. The van der Waals surface area contributed by atoms with Crippen LogP contribution in [0.2, 0.25) is 0 Å². The fraction of sp³-hybridized carbons (Fsp3) is 0.167. The Morgan fingerprint density at radius 3 is 3.00 bits per heavy atom. The maximum atomic E-state index is 5.37. The number of aromatic nitrogens is 1. The van der Waals surface area contributed by atoms with Crippen molar-refractivity contribution < 1.29 is 4.74 Å². The lowest BCUT2D eigenvalue weighted by molar-refractivity contribution is 0.415. The van der Waals surface area contributed by atoms with Crippen molar-refractivity contribution in [1.29, 1.82) is 0 Å². The van der Waals surface area contributed by atoms with Gasteiger partial charge in [-0.05, 0) is 6.07 Å². The molecule has 1 heterocycles. The molecule has 0 spiro atoms. The molecule has 0 bridgehead atoms. The van der Waals surface area contributed by atoms with Crippen LogP contribution in [0.5, 0.6) is 5.75 Å². The van der Waals surface area contributed by atoms with E-state index in [4.69, 9.17) is 10.5 Å². The molecule has 0 amide bonds. The Hall–Kier alpha value is -1.25. The van der Waals surface area contributed by atoms with Crippen LogP contribution >= 0.6 is 0 Å². The van der Waals surface area contributed by atoms with Gasteiger partial charge in [-0.2, -0.15) is 0 Å². The van der Waals surface area contributed by atoms with Crippen LogP contribution in [-0.2, 0) is 0 Å². The highest BCUT2D eigenvalue weighted by atomic mass is 16.5. The predicted molar refractivity (Wildman–Crippen MR) is 34.0 cm³/mol. The number of nitrogens with zero attached hydrogens (tertiary/aromatic N) is 1. The fourth-order valence-corrected chi connectivity index (χ4v) is 0.521. The number of anilines is 1. The molecule has 1 radical (unpaired) electrons. The molecule has 0 aliphatic heterocycles. The highest BCUT2D eigenvalue weighted by molar-refractivity contribution is 5.44. The van der Waals surface area contributed by atoms with Crippen LogP contribution in [0.15, 0.2) is 12.3 Å². The fourth-order valence-electron chi connectivity index (χ4n) is 0.521. The summed E-state index contributed by atoms with van der Waals surface area (Å²) in [5.41, 5.74) is 5.37. The third-order valence-corrected chi connectivity index (χ3v) is 0.965. The number of hydrogen-bond donors (Lipinski definition) is 1. The zero-order valence-corrected chi connectivity index (χ0v) is 5.09. The van der Waals surface area contributed by atoms with Crippen LogP contribution in [-0.4, -0.2) is 12.1 Å². The standard InChI is InChI=1S/C6H7N2O/c1-9-5-3-2-4-8-6(5)7/h3-4H,1H3,(H2,7,8). The number of nitrogens with two attached hydrogens (primary N) is 1. The van der Waals surface area contributed by atoms with Crippen molar-refractivity contribution in [3.05, 3.63) is 18.3 Å².